The molecule has 0 atom stereocenters. The lowest BCUT2D eigenvalue weighted by atomic mass is 10.3. The fourth-order valence-electron chi connectivity index (χ4n) is 2.78. The molecular weight excluding hydrogens is 362 g/mol. The van der Waals surface area contributed by atoms with Gasteiger partial charge < -0.3 is 10.1 Å². The Morgan fingerprint density at radius 2 is 1.96 bits per heavy atom. The Balaban J connectivity index is 1.54. The van der Waals surface area contributed by atoms with E-state index < -0.39 is 10.0 Å². The van der Waals surface area contributed by atoms with Crippen LogP contribution in [0.25, 0.3) is 0 Å². The van der Waals surface area contributed by atoms with E-state index in [4.69, 9.17) is 4.74 Å². The van der Waals surface area contributed by atoms with Crippen LogP contribution in [0.1, 0.15) is 26.2 Å². The highest BCUT2D eigenvalue weighted by atomic mass is 32.2. The maximum Gasteiger partial charge on any atom is 0.265 e. The lowest BCUT2D eigenvalue weighted by Gasteiger charge is -2.22. The van der Waals surface area contributed by atoms with Crippen molar-refractivity contribution in [3.8, 4) is 0 Å². The quantitative estimate of drug-likeness (QED) is 0.595. The van der Waals surface area contributed by atoms with E-state index in [0.29, 0.717) is 18.1 Å². The first-order valence-electron chi connectivity index (χ1n) is 9.46. The van der Waals surface area contributed by atoms with Gasteiger partial charge in [0.15, 0.2) is 0 Å². The van der Waals surface area contributed by atoms with Crippen LogP contribution in [-0.2, 0) is 14.8 Å². The van der Waals surface area contributed by atoms with Crippen LogP contribution in [-0.4, -0.2) is 39.7 Å². The molecule has 6 nitrogen and oxygen atoms in total. The lowest BCUT2D eigenvalue weighted by molar-refractivity contribution is 0.124. The van der Waals surface area contributed by atoms with E-state index in [9.17, 15) is 8.42 Å². The first-order valence-corrected chi connectivity index (χ1v) is 10.9. The van der Waals surface area contributed by atoms with Crippen molar-refractivity contribution in [1.29, 1.82) is 0 Å². The number of benzene rings is 1. The zero-order valence-electron chi connectivity index (χ0n) is 15.7. The molecule has 27 heavy (non-hydrogen) atoms. The number of nitrogens with one attached hydrogen (secondary N) is 1. The van der Waals surface area contributed by atoms with Gasteiger partial charge in [-0.2, -0.15) is 0 Å². The van der Waals surface area contributed by atoms with Crippen molar-refractivity contribution in [1.82, 2.24) is 4.98 Å². The fraction of sp³-hybridized carbons (Fsp3) is 0.450. The summed E-state index contributed by atoms with van der Waals surface area (Å²) >= 11 is 0. The van der Waals surface area contributed by atoms with Gasteiger partial charge in [-0.05, 0) is 56.4 Å². The molecule has 1 heterocycles. The Morgan fingerprint density at radius 3 is 2.59 bits per heavy atom. The maximum atomic E-state index is 12.9. The predicted molar refractivity (Wildman–Crippen MR) is 108 cm³/mol. The number of hydrogen-bond acceptors (Lipinski definition) is 5. The molecule has 3 rings (SSSR count). The second-order valence-corrected chi connectivity index (χ2v) is 8.55. The topological polar surface area (TPSA) is 71.5 Å². The van der Waals surface area contributed by atoms with Crippen molar-refractivity contribution in [2.45, 2.75) is 31.1 Å². The molecule has 2 aromatic rings. The minimum Gasteiger partial charge on any atom is -0.381 e. The van der Waals surface area contributed by atoms with Gasteiger partial charge in [-0.15, -0.1) is 0 Å². The average molecular weight is 390 g/mol. The van der Waals surface area contributed by atoms with Gasteiger partial charge >= 0.3 is 0 Å². The first-order chi connectivity index (χ1) is 13.1. The number of hydrogen-bond donors (Lipinski definition) is 1. The number of anilines is 2. The summed E-state index contributed by atoms with van der Waals surface area (Å²) < 4.78 is 32.8. The van der Waals surface area contributed by atoms with Crippen molar-refractivity contribution in [3.05, 3.63) is 48.7 Å². The summed E-state index contributed by atoms with van der Waals surface area (Å²) in [4.78, 5) is 4.44. The second kappa shape index (κ2) is 9.19. The van der Waals surface area contributed by atoms with Crippen molar-refractivity contribution in [3.63, 3.8) is 0 Å². The zero-order valence-corrected chi connectivity index (χ0v) is 16.5. The largest absolute Gasteiger partial charge is 0.381 e. The normalized spacial score (nSPS) is 14.1. The van der Waals surface area contributed by atoms with Gasteiger partial charge in [0.1, 0.15) is 10.7 Å². The molecule has 1 aliphatic carbocycles. The molecule has 1 N–H and O–H groups in total. The maximum absolute atomic E-state index is 12.9. The molecule has 1 aromatic heterocycles. The monoisotopic (exact) mass is 389 g/mol. The SMILES string of the molecule is CCN(c1ccccc1)S(=O)(=O)c1ccc(NCCCOCC2CC2)nc1. The highest BCUT2D eigenvalue weighted by Crippen LogP contribution is 2.28. The van der Waals surface area contributed by atoms with Crippen LogP contribution >= 0.6 is 0 Å². The molecule has 1 aromatic carbocycles. The summed E-state index contributed by atoms with van der Waals surface area (Å²) in [6.45, 7) is 4.53. The van der Waals surface area contributed by atoms with Crippen molar-refractivity contribution in [2.24, 2.45) is 5.92 Å². The number of aromatic nitrogens is 1. The van der Waals surface area contributed by atoms with Crippen molar-refractivity contribution >= 4 is 21.5 Å². The molecule has 0 saturated heterocycles. The van der Waals surface area contributed by atoms with Gasteiger partial charge in [0.25, 0.3) is 10.0 Å². The highest BCUT2D eigenvalue weighted by molar-refractivity contribution is 7.92. The minimum absolute atomic E-state index is 0.187. The lowest BCUT2D eigenvalue weighted by Crippen LogP contribution is -2.30. The molecule has 7 heteroatoms. The van der Waals surface area contributed by atoms with Gasteiger partial charge in [-0.1, -0.05) is 18.2 Å². The number of nitrogens with zero attached hydrogens (tertiary/aromatic N) is 2. The molecule has 0 bridgehead atoms. The van der Waals surface area contributed by atoms with E-state index in [-0.39, 0.29) is 4.90 Å². The number of rotatable bonds is 11. The van der Waals surface area contributed by atoms with Crippen LogP contribution in [0.3, 0.4) is 0 Å². The van der Waals surface area contributed by atoms with Crippen LogP contribution in [0.15, 0.2) is 53.6 Å². The van der Waals surface area contributed by atoms with Crippen LogP contribution in [0, 0.1) is 5.92 Å². The Bertz CT molecular complexity index is 806. The summed E-state index contributed by atoms with van der Waals surface area (Å²) in [5.74, 6) is 1.45. The summed E-state index contributed by atoms with van der Waals surface area (Å²) in [6.07, 6.45) is 4.91. The van der Waals surface area contributed by atoms with Gasteiger partial charge in [0, 0.05) is 32.5 Å². The highest BCUT2D eigenvalue weighted by Gasteiger charge is 2.24. The van der Waals surface area contributed by atoms with E-state index in [1.165, 1.54) is 23.3 Å². The van der Waals surface area contributed by atoms with Crippen molar-refractivity contribution < 1.29 is 13.2 Å². The Labute approximate surface area is 161 Å². The molecule has 1 aliphatic rings. The van der Waals surface area contributed by atoms with E-state index in [0.717, 1.165) is 32.1 Å². The van der Waals surface area contributed by atoms with Crippen LogP contribution in [0.5, 0.6) is 0 Å². The van der Waals surface area contributed by atoms with Crippen molar-refractivity contribution in [2.75, 3.05) is 35.9 Å². The van der Waals surface area contributed by atoms with Gasteiger partial charge in [0.2, 0.25) is 0 Å². The number of para-hydroxylation sites is 1. The summed E-state index contributed by atoms with van der Waals surface area (Å²) in [6, 6.07) is 12.4. The minimum atomic E-state index is -3.63. The Morgan fingerprint density at radius 1 is 1.19 bits per heavy atom. The van der Waals surface area contributed by atoms with Crippen LogP contribution < -0.4 is 9.62 Å². The van der Waals surface area contributed by atoms with Gasteiger partial charge in [-0.25, -0.2) is 13.4 Å². The Kier molecular flexibility index (Phi) is 6.68. The number of pyridine rings is 1. The molecule has 1 saturated carbocycles. The van der Waals surface area contributed by atoms with Gasteiger partial charge in [-0.3, -0.25) is 4.31 Å². The molecule has 0 amide bonds. The van der Waals surface area contributed by atoms with E-state index in [1.54, 1.807) is 24.3 Å². The fourth-order valence-corrected chi connectivity index (χ4v) is 4.20. The molecule has 1 fully saturated rings. The molecule has 146 valence electrons. The predicted octanol–water partition coefficient (Wildman–Crippen LogP) is 3.53. The first kappa shape index (κ1) is 19.6. The molecular formula is C20H27N3O3S. The molecule has 0 unspecified atom stereocenters. The summed E-state index contributed by atoms with van der Waals surface area (Å²) in [7, 11) is -3.63. The third-order valence-corrected chi connectivity index (χ3v) is 6.36. The number of sulfonamides is 1. The Hall–Kier alpha value is -2.12. The van der Waals surface area contributed by atoms with E-state index in [2.05, 4.69) is 10.3 Å². The third-order valence-electron chi connectivity index (χ3n) is 4.48. The van der Waals surface area contributed by atoms with E-state index >= 15 is 0 Å². The van der Waals surface area contributed by atoms with Crippen LogP contribution in [0.4, 0.5) is 11.5 Å². The zero-order chi connectivity index (χ0) is 19.1. The standard InChI is InChI=1S/C20H27N3O3S/c1-2-23(18-7-4-3-5-8-18)27(24,25)19-11-12-20(22-15-19)21-13-6-14-26-16-17-9-10-17/h3-5,7-8,11-12,15,17H,2,6,9-10,13-14,16H2,1H3,(H,21,22). The van der Waals surface area contributed by atoms with E-state index in [1.807, 2.05) is 25.1 Å². The van der Waals surface area contributed by atoms with Crippen LogP contribution in [0.2, 0.25) is 0 Å². The third kappa shape index (κ3) is 5.43. The molecule has 0 radical (unpaired) electrons. The molecule has 0 aliphatic heterocycles. The number of ether oxygens (including phenoxy) is 1. The summed E-state index contributed by atoms with van der Waals surface area (Å²) in [5.41, 5.74) is 0.647. The van der Waals surface area contributed by atoms with Gasteiger partial charge in [0.05, 0.1) is 5.69 Å². The second-order valence-electron chi connectivity index (χ2n) is 6.68. The molecule has 0 spiro atoms. The average Bonchev–Trinajstić information content (AvgIpc) is 3.50. The summed E-state index contributed by atoms with van der Waals surface area (Å²) in [5, 5.41) is 3.20. The smallest absolute Gasteiger partial charge is 0.265 e.